The van der Waals surface area contributed by atoms with Crippen LogP contribution in [0.1, 0.15) is 34.1 Å². The number of carbonyl (C=O) groups excluding carboxylic acids is 1. The Morgan fingerprint density at radius 2 is 1.82 bits per heavy atom. The topological polar surface area (TPSA) is 60.3 Å². The molecule has 0 fully saturated rings. The van der Waals surface area contributed by atoms with Crippen LogP contribution in [0.4, 0.5) is 13.2 Å². The second-order valence-electron chi connectivity index (χ2n) is 7.96. The molecule has 1 N–H and O–H groups in total. The number of ether oxygens (including phenoxy) is 1. The van der Waals surface area contributed by atoms with Gasteiger partial charge in [0.25, 0.3) is 5.91 Å². The van der Waals surface area contributed by atoms with Gasteiger partial charge in [-0.2, -0.15) is 0 Å². The van der Waals surface area contributed by atoms with Crippen molar-refractivity contribution < 1.29 is 22.7 Å². The van der Waals surface area contributed by atoms with Crippen LogP contribution >= 0.6 is 0 Å². The van der Waals surface area contributed by atoms with Gasteiger partial charge in [0, 0.05) is 37.0 Å². The van der Waals surface area contributed by atoms with Crippen molar-refractivity contribution in [2.45, 2.75) is 33.5 Å². The largest absolute Gasteiger partial charge is 0.483 e. The average molecular weight is 470 g/mol. The van der Waals surface area contributed by atoms with Crippen molar-refractivity contribution in [3.8, 4) is 5.75 Å². The maximum atomic E-state index is 13.9. The molecule has 3 rings (SSSR count). The maximum Gasteiger partial charge on any atom is 0.257 e. The SMILES string of the molecule is C=CC(C)Cn1cc(C(=O)NCc2c(F)cc(F)cc2F)c(=O)c(OCc2ccccc2)c1C. The van der Waals surface area contributed by atoms with E-state index < -0.39 is 40.9 Å². The van der Waals surface area contributed by atoms with Gasteiger partial charge < -0.3 is 14.6 Å². The summed E-state index contributed by atoms with van der Waals surface area (Å²) in [6.45, 7) is 7.38. The molecule has 3 aromatic rings. The number of pyridine rings is 1. The molecule has 0 bridgehead atoms. The molecule has 0 saturated carbocycles. The van der Waals surface area contributed by atoms with Crippen LogP contribution in [0.5, 0.6) is 5.75 Å². The molecule has 0 aliphatic heterocycles. The lowest BCUT2D eigenvalue weighted by Gasteiger charge is -2.19. The van der Waals surface area contributed by atoms with Crippen LogP contribution in [0.15, 0.2) is 66.1 Å². The zero-order chi connectivity index (χ0) is 24.8. The number of hydrogen-bond donors (Lipinski definition) is 1. The molecule has 34 heavy (non-hydrogen) atoms. The third kappa shape index (κ3) is 5.75. The number of nitrogens with zero attached hydrogens (tertiary/aromatic N) is 1. The molecule has 1 heterocycles. The molecule has 0 aliphatic rings. The quantitative estimate of drug-likeness (QED) is 0.453. The first-order chi connectivity index (χ1) is 16.2. The van der Waals surface area contributed by atoms with Crippen LogP contribution < -0.4 is 15.5 Å². The third-order valence-corrected chi connectivity index (χ3v) is 5.38. The third-order valence-electron chi connectivity index (χ3n) is 5.38. The second-order valence-corrected chi connectivity index (χ2v) is 7.96. The van der Waals surface area contributed by atoms with Gasteiger partial charge in [-0.15, -0.1) is 6.58 Å². The van der Waals surface area contributed by atoms with Crippen LogP contribution in [0, 0.1) is 30.3 Å². The molecule has 1 amide bonds. The summed E-state index contributed by atoms with van der Waals surface area (Å²) in [4.78, 5) is 26.0. The predicted molar refractivity (Wildman–Crippen MR) is 123 cm³/mol. The molecular formula is C26H25F3N2O3. The number of hydrogen-bond acceptors (Lipinski definition) is 3. The van der Waals surface area contributed by atoms with E-state index >= 15 is 0 Å². The van der Waals surface area contributed by atoms with E-state index in [2.05, 4.69) is 11.9 Å². The lowest BCUT2D eigenvalue weighted by atomic mass is 10.1. The molecule has 0 aliphatic carbocycles. The fourth-order valence-electron chi connectivity index (χ4n) is 3.37. The average Bonchev–Trinajstić information content (AvgIpc) is 2.80. The van der Waals surface area contributed by atoms with E-state index in [1.165, 1.54) is 6.20 Å². The van der Waals surface area contributed by atoms with Gasteiger partial charge in [-0.05, 0) is 18.4 Å². The molecule has 0 spiro atoms. The Balaban J connectivity index is 1.93. The number of benzene rings is 2. The van der Waals surface area contributed by atoms with Crippen molar-refractivity contribution in [2.75, 3.05) is 0 Å². The van der Waals surface area contributed by atoms with Crippen molar-refractivity contribution >= 4 is 5.91 Å². The first kappa shape index (κ1) is 24.8. The summed E-state index contributed by atoms with van der Waals surface area (Å²) in [5, 5.41) is 2.34. The van der Waals surface area contributed by atoms with Crippen molar-refractivity contribution in [3.05, 3.63) is 111 Å². The number of amides is 1. The Kier molecular flexibility index (Phi) is 7.94. The summed E-state index contributed by atoms with van der Waals surface area (Å²) in [5.74, 6) is -4.13. The standard InChI is InChI=1S/C26H25F3N2O3/c1-4-16(2)13-31-14-21(26(33)30-12-20-22(28)10-19(27)11-23(20)29)24(32)25(17(31)3)34-15-18-8-6-5-7-9-18/h4-11,14,16H,1,12-13,15H2,2-3H3,(H,30,33). The second kappa shape index (κ2) is 10.9. The van der Waals surface area contributed by atoms with Gasteiger partial charge in [0.2, 0.25) is 5.43 Å². The number of carbonyl (C=O) groups is 1. The molecule has 5 nitrogen and oxygen atoms in total. The van der Waals surface area contributed by atoms with Crippen LogP contribution in [0.3, 0.4) is 0 Å². The fourth-order valence-corrected chi connectivity index (χ4v) is 3.37. The Morgan fingerprint density at radius 1 is 1.18 bits per heavy atom. The molecule has 1 unspecified atom stereocenters. The molecule has 0 saturated heterocycles. The number of rotatable bonds is 9. The highest BCUT2D eigenvalue weighted by Crippen LogP contribution is 2.19. The number of aromatic nitrogens is 1. The molecule has 178 valence electrons. The van der Waals surface area contributed by atoms with Crippen molar-refractivity contribution in [1.29, 1.82) is 0 Å². The van der Waals surface area contributed by atoms with E-state index in [9.17, 15) is 22.8 Å². The summed E-state index contributed by atoms with van der Waals surface area (Å²) in [5.41, 5.74) is -0.0319. The monoisotopic (exact) mass is 470 g/mol. The Hall–Kier alpha value is -3.81. The van der Waals surface area contributed by atoms with Crippen LogP contribution in [-0.2, 0) is 19.7 Å². The fraction of sp³-hybridized carbons (Fsp3) is 0.231. The molecule has 1 aromatic heterocycles. The van der Waals surface area contributed by atoms with Gasteiger partial charge in [-0.3, -0.25) is 9.59 Å². The van der Waals surface area contributed by atoms with E-state index in [-0.39, 0.29) is 23.8 Å². The van der Waals surface area contributed by atoms with Crippen LogP contribution in [-0.4, -0.2) is 10.5 Å². The summed E-state index contributed by atoms with van der Waals surface area (Å²) < 4.78 is 48.6. The van der Waals surface area contributed by atoms with E-state index in [1.54, 1.807) is 17.6 Å². The summed E-state index contributed by atoms with van der Waals surface area (Å²) >= 11 is 0. The van der Waals surface area contributed by atoms with Gasteiger partial charge in [-0.1, -0.05) is 43.3 Å². The zero-order valence-electron chi connectivity index (χ0n) is 18.9. The first-order valence-electron chi connectivity index (χ1n) is 10.7. The lowest BCUT2D eigenvalue weighted by molar-refractivity contribution is 0.0947. The van der Waals surface area contributed by atoms with Crippen LogP contribution in [0.25, 0.3) is 0 Å². The smallest absolute Gasteiger partial charge is 0.257 e. The maximum absolute atomic E-state index is 13.9. The molecule has 2 aromatic carbocycles. The van der Waals surface area contributed by atoms with Crippen LogP contribution in [0.2, 0.25) is 0 Å². The highest BCUT2D eigenvalue weighted by Gasteiger charge is 2.21. The Morgan fingerprint density at radius 3 is 2.44 bits per heavy atom. The highest BCUT2D eigenvalue weighted by atomic mass is 19.1. The van der Waals surface area contributed by atoms with E-state index in [4.69, 9.17) is 4.74 Å². The minimum Gasteiger partial charge on any atom is -0.483 e. The normalized spacial score (nSPS) is 11.7. The summed E-state index contributed by atoms with van der Waals surface area (Å²) in [7, 11) is 0. The van der Waals surface area contributed by atoms with Gasteiger partial charge >= 0.3 is 0 Å². The van der Waals surface area contributed by atoms with Crippen molar-refractivity contribution in [3.63, 3.8) is 0 Å². The Labute approximate surface area is 195 Å². The highest BCUT2D eigenvalue weighted by molar-refractivity contribution is 5.94. The van der Waals surface area contributed by atoms with Crippen molar-refractivity contribution in [2.24, 2.45) is 5.92 Å². The Bertz CT molecular complexity index is 1230. The molecule has 1 atom stereocenters. The predicted octanol–water partition coefficient (Wildman–Crippen LogP) is 4.91. The number of halogens is 3. The summed E-state index contributed by atoms with van der Waals surface area (Å²) in [6, 6.07) is 10.3. The number of nitrogens with one attached hydrogen (secondary N) is 1. The van der Waals surface area contributed by atoms with E-state index in [0.29, 0.717) is 24.4 Å². The van der Waals surface area contributed by atoms with Gasteiger partial charge in [-0.25, -0.2) is 13.2 Å². The molecule has 0 radical (unpaired) electrons. The molecular weight excluding hydrogens is 445 g/mol. The lowest BCUT2D eigenvalue weighted by Crippen LogP contribution is -2.31. The molecule has 8 heteroatoms. The zero-order valence-corrected chi connectivity index (χ0v) is 18.9. The van der Waals surface area contributed by atoms with Crippen molar-refractivity contribution in [1.82, 2.24) is 9.88 Å². The van der Waals surface area contributed by atoms with Gasteiger partial charge in [0.05, 0.1) is 5.69 Å². The number of allylic oxidation sites excluding steroid dienone is 1. The van der Waals surface area contributed by atoms with E-state index in [1.807, 2.05) is 37.3 Å². The van der Waals surface area contributed by atoms with Gasteiger partial charge in [0.15, 0.2) is 5.75 Å². The first-order valence-corrected chi connectivity index (χ1v) is 10.7. The minimum atomic E-state index is -1.13. The minimum absolute atomic E-state index is 0.00640. The summed E-state index contributed by atoms with van der Waals surface area (Å²) in [6.07, 6.45) is 3.13. The van der Waals surface area contributed by atoms with Gasteiger partial charge in [0.1, 0.15) is 29.6 Å². The van der Waals surface area contributed by atoms with E-state index in [0.717, 1.165) is 5.56 Å².